The quantitative estimate of drug-likeness (QED) is 0.818. The zero-order valence-electron chi connectivity index (χ0n) is 15.0. The number of aliphatic hydroxyl groups is 1. The maximum atomic E-state index is 9.77. The SMILES string of the molecule is CC(C)(C)c1nnc2ccc(N3CC(CNC4COCC4O)C3)nn12. The van der Waals surface area contributed by atoms with Crippen LogP contribution in [0.5, 0.6) is 0 Å². The van der Waals surface area contributed by atoms with E-state index < -0.39 is 0 Å². The molecule has 2 fully saturated rings. The summed E-state index contributed by atoms with van der Waals surface area (Å²) in [6, 6.07) is 4.05. The number of ether oxygens (including phenoxy) is 1. The predicted molar refractivity (Wildman–Crippen MR) is 93.8 cm³/mol. The fraction of sp³-hybridized carbons (Fsp3) is 0.706. The number of hydrogen-bond donors (Lipinski definition) is 2. The lowest BCUT2D eigenvalue weighted by molar-refractivity contribution is 0.121. The second-order valence-electron chi connectivity index (χ2n) is 8.13. The molecule has 2 aliphatic heterocycles. The van der Waals surface area contributed by atoms with E-state index in [9.17, 15) is 5.11 Å². The summed E-state index contributed by atoms with van der Waals surface area (Å²) in [5.74, 6) is 2.39. The summed E-state index contributed by atoms with van der Waals surface area (Å²) in [5, 5.41) is 26.4. The second-order valence-corrected chi connectivity index (χ2v) is 8.13. The zero-order chi connectivity index (χ0) is 17.6. The van der Waals surface area contributed by atoms with Gasteiger partial charge in [-0.25, -0.2) is 0 Å². The average molecular weight is 346 g/mol. The van der Waals surface area contributed by atoms with Gasteiger partial charge >= 0.3 is 0 Å². The molecule has 4 rings (SSSR count). The lowest BCUT2D eigenvalue weighted by atomic mass is 9.96. The van der Waals surface area contributed by atoms with E-state index in [0.717, 1.165) is 36.9 Å². The number of nitrogens with one attached hydrogen (secondary N) is 1. The summed E-state index contributed by atoms with van der Waals surface area (Å²) < 4.78 is 7.12. The van der Waals surface area contributed by atoms with Gasteiger partial charge in [0.1, 0.15) is 5.82 Å². The van der Waals surface area contributed by atoms with E-state index in [1.165, 1.54) is 0 Å². The fourth-order valence-corrected chi connectivity index (χ4v) is 3.36. The Kier molecular flexibility index (Phi) is 4.13. The predicted octanol–water partition coefficient (Wildman–Crippen LogP) is 0.207. The van der Waals surface area contributed by atoms with Crippen LogP contribution in [0.25, 0.3) is 5.65 Å². The molecule has 2 aromatic heterocycles. The Bertz CT molecular complexity index is 749. The van der Waals surface area contributed by atoms with Crippen molar-refractivity contribution in [3.05, 3.63) is 18.0 Å². The Labute approximate surface area is 147 Å². The minimum absolute atomic E-state index is 0.0647. The van der Waals surface area contributed by atoms with Gasteiger partial charge in [-0.2, -0.15) is 4.52 Å². The summed E-state index contributed by atoms with van der Waals surface area (Å²) >= 11 is 0. The van der Waals surface area contributed by atoms with E-state index >= 15 is 0 Å². The van der Waals surface area contributed by atoms with Crippen LogP contribution in [0.3, 0.4) is 0 Å². The molecule has 136 valence electrons. The highest BCUT2D eigenvalue weighted by molar-refractivity contribution is 5.47. The van der Waals surface area contributed by atoms with Gasteiger partial charge in [0.25, 0.3) is 0 Å². The van der Waals surface area contributed by atoms with E-state index in [-0.39, 0.29) is 17.6 Å². The van der Waals surface area contributed by atoms with E-state index in [2.05, 4.69) is 41.2 Å². The first-order chi connectivity index (χ1) is 11.9. The molecule has 0 saturated carbocycles. The molecule has 25 heavy (non-hydrogen) atoms. The molecule has 0 spiro atoms. The van der Waals surface area contributed by atoms with Crippen molar-refractivity contribution in [3.63, 3.8) is 0 Å². The van der Waals surface area contributed by atoms with Crippen molar-refractivity contribution in [1.29, 1.82) is 0 Å². The summed E-state index contributed by atoms with van der Waals surface area (Å²) in [5.41, 5.74) is 0.680. The van der Waals surface area contributed by atoms with Crippen LogP contribution in [0.1, 0.15) is 26.6 Å². The van der Waals surface area contributed by atoms with Crippen molar-refractivity contribution < 1.29 is 9.84 Å². The van der Waals surface area contributed by atoms with Crippen LogP contribution in [-0.2, 0) is 10.2 Å². The number of aliphatic hydroxyl groups excluding tert-OH is 1. The molecule has 0 bridgehead atoms. The third-order valence-electron chi connectivity index (χ3n) is 4.92. The highest BCUT2D eigenvalue weighted by atomic mass is 16.5. The van der Waals surface area contributed by atoms with Gasteiger partial charge in [0.15, 0.2) is 11.5 Å². The monoisotopic (exact) mass is 346 g/mol. The Balaban J connectivity index is 1.39. The summed E-state index contributed by atoms with van der Waals surface area (Å²) in [6.45, 7) is 10.2. The summed E-state index contributed by atoms with van der Waals surface area (Å²) in [4.78, 5) is 2.26. The molecule has 8 nitrogen and oxygen atoms in total. The molecule has 2 atom stereocenters. The second kappa shape index (κ2) is 6.19. The number of hydrogen-bond acceptors (Lipinski definition) is 7. The topological polar surface area (TPSA) is 87.8 Å². The van der Waals surface area contributed by atoms with Gasteiger partial charge < -0.3 is 20.1 Å². The Hall–Kier alpha value is -1.77. The van der Waals surface area contributed by atoms with Crippen LogP contribution in [0.4, 0.5) is 5.82 Å². The lowest BCUT2D eigenvalue weighted by Crippen LogP contribution is -2.53. The highest BCUT2D eigenvalue weighted by Crippen LogP contribution is 2.25. The van der Waals surface area contributed by atoms with Crippen molar-refractivity contribution in [1.82, 2.24) is 25.1 Å². The molecule has 0 aromatic carbocycles. The standard InChI is InChI=1S/C17H26N6O2/c1-17(2,3)16-20-19-14-4-5-15(21-23(14)16)22-7-11(8-22)6-18-12-9-25-10-13(12)24/h4-5,11-13,18,24H,6-10H2,1-3H3. The van der Waals surface area contributed by atoms with Crippen molar-refractivity contribution in [2.24, 2.45) is 5.92 Å². The maximum absolute atomic E-state index is 9.77. The molecule has 2 unspecified atom stereocenters. The van der Waals surface area contributed by atoms with Crippen LogP contribution in [0, 0.1) is 5.92 Å². The molecular formula is C17H26N6O2. The van der Waals surface area contributed by atoms with E-state index in [1.807, 2.05) is 16.6 Å². The minimum Gasteiger partial charge on any atom is -0.389 e. The third kappa shape index (κ3) is 3.21. The van der Waals surface area contributed by atoms with E-state index in [4.69, 9.17) is 9.84 Å². The highest BCUT2D eigenvalue weighted by Gasteiger charge is 2.31. The molecule has 2 saturated heterocycles. The summed E-state index contributed by atoms with van der Waals surface area (Å²) in [6.07, 6.45) is -0.384. The third-order valence-corrected chi connectivity index (χ3v) is 4.92. The van der Waals surface area contributed by atoms with Gasteiger partial charge in [0, 0.05) is 31.0 Å². The number of rotatable bonds is 4. The van der Waals surface area contributed by atoms with Crippen molar-refractivity contribution >= 4 is 11.5 Å². The van der Waals surface area contributed by atoms with Gasteiger partial charge in [-0.05, 0) is 12.1 Å². The van der Waals surface area contributed by atoms with Gasteiger partial charge in [0.2, 0.25) is 0 Å². The van der Waals surface area contributed by atoms with Crippen LogP contribution >= 0.6 is 0 Å². The Morgan fingerprint density at radius 1 is 1.24 bits per heavy atom. The van der Waals surface area contributed by atoms with Crippen molar-refractivity contribution in [3.8, 4) is 0 Å². The zero-order valence-corrected chi connectivity index (χ0v) is 15.0. The van der Waals surface area contributed by atoms with Crippen LogP contribution in [-0.4, -0.2) is 69.9 Å². The van der Waals surface area contributed by atoms with Gasteiger partial charge in [-0.15, -0.1) is 15.3 Å². The fourth-order valence-electron chi connectivity index (χ4n) is 3.36. The number of anilines is 1. The molecule has 0 radical (unpaired) electrons. The summed E-state index contributed by atoms with van der Waals surface area (Å²) in [7, 11) is 0. The molecule has 0 aliphatic carbocycles. The first-order valence-corrected chi connectivity index (χ1v) is 8.89. The molecule has 2 aliphatic rings. The molecular weight excluding hydrogens is 320 g/mol. The molecule has 0 amide bonds. The smallest absolute Gasteiger partial charge is 0.178 e. The first kappa shape index (κ1) is 16.7. The number of aromatic nitrogens is 4. The molecule has 8 heteroatoms. The van der Waals surface area contributed by atoms with E-state index in [1.54, 1.807) is 0 Å². The minimum atomic E-state index is -0.384. The van der Waals surface area contributed by atoms with Gasteiger partial charge in [-0.1, -0.05) is 20.8 Å². The molecule has 2 N–H and O–H groups in total. The van der Waals surface area contributed by atoms with Crippen molar-refractivity contribution in [2.45, 2.75) is 38.3 Å². The number of fused-ring (bicyclic) bond motifs is 1. The average Bonchev–Trinajstić information content (AvgIpc) is 3.11. The maximum Gasteiger partial charge on any atom is 0.178 e. The number of nitrogens with zero attached hydrogens (tertiary/aromatic N) is 5. The van der Waals surface area contributed by atoms with Crippen LogP contribution in [0.15, 0.2) is 12.1 Å². The first-order valence-electron chi connectivity index (χ1n) is 8.89. The van der Waals surface area contributed by atoms with E-state index in [0.29, 0.717) is 19.1 Å². The molecule has 4 heterocycles. The largest absolute Gasteiger partial charge is 0.389 e. The van der Waals surface area contributed by atoms with Crippen LogP contribution < -0.4 is 10.2 Å². The van der Waals surface area contributed by atoms with Gasteiger partial charge in [0.05, 0.1) is 25.4 Å². The molecule has 2 aromatic rings. The Morgan fingerprint density at radius 2 is 2.04 bits per heavy atom. The van der Waals surface area contributed by atoms with Crippen molar-refractivity contribution in [2.75, 3.05) is 37.7 Å². The van der Waals surface area contributed by atoms with Gasteiger partial charge in [-0.3, -0.25) is 0 Å². The lowest BCUT2D eigenvalue weighted by Gasteiger charge is -2.40. The Morgan fingerprint density at radius 3 is 2.72 bits per heavy atom. The van der Waals surface area contributed by atoms with Crippen LogP contribution in [0.2, 0.25) is 0 Å². The normalized spacial score (nSPS) is 24.9.